The van der Waals surface area contributed by atoms with E-state index in [0.29, 0.717) is 94.7 Å². The van der Waals surface area contributed by atoms with Crippen molar-refractivity contribution in [2.24, 2.45) is 58.2 Å². The zero-order valence-corrected chi connectivity index (χ0v) is 73.7. The van der Waals surface area contributed by atoms with Gasteiger partial charge in [0, 0.05) is 138 Å². The third-order valence-corrected chi connectivity index (χ3v) is 26.4. The Morgan fingerprint density at radius 2 is 0.867 bits per heavy atom. The standard InChI is InChI=1S/C33H42N2O4.C23H36N2O5.2C20H31N3O2.CH4/c1-3-12-28(20-31(37)30-19-27-17-10-11-18-29(27)35(30)24(2)36)33(39)32(38)23-34(21-25-13-6-4-7-14-25)22-26-15-8-5-9-16-26;1-3-6-18(23(29)22(28)15-24-9-11-30-12-10-24)14-21(27)20-13-17-7-4-5-8-19(17)25(20)16(2)26;2*1-14(20(2,3)4)23-19(25)16(15-8-6-5-7-9-15)12-18(24)17-13-21-10-11-22-17;/h4-9,13-16,27-30H,3,10-12,17-23H2,1-2H3;17-20H,3-15H2,1-2H3;2*10-11,13-16H,5-9,12H2,1-4H3,(H,23,25);1H4/t27-,28+,29-,30-;17-,18+,19-,20-;2*14-,16+;/m0011./s1. The number of fused-ring (bicyclic) bond motifs is 2. The molecule has 4 aliphatic carbocycles. The number of ketones is 8. The Balaban J connectivity index is 0.000000224. The first kappa shape index (κ1) is 98.8. The molecule has 23 nitrogen and oxygen atoms in total. The molecule has 4 saturated carbocycles. The van der Waals surface area contributed by atoms with Crippen LogP contribution in [0.3, 0.4) is 0 Å². The SMILES string of the molecule is C.CCC[C@H](CC(=O)[C@@H]1C[C@@H]2CCCC[C@@H]2N1C(C)=O)C(=O)C(=O)CN(Cc1ccccc1)Cc1ccccc1.CCC[C@H](CC(=O)[C@@H]1C[C@@H]2CCCC[C@@H]2N1C(C)=O)C(=O)C(=O)CN1CCOCC1.C[C@@H](NC(=O)[C@@H](CC(=O)c1cnccn1)C1CCCCC1)C(C)(C)C.C[C@@H](NC(=O)[C@@H](CC(=O)c1cnccn1)C1CCCCC1)C(C)(C)C. The van der Waals surface area contributed by atoms with Gasteiger partial charge in [-0.3, -0.25) is 77.3 Å². The number of morpholine rings is 1. The molecule has 7 fully saturated rings. The maximum absolute atomic E-state index is 13.6. The van der Waals surface area contributed by atoms with E-state index in [2.05, 4.69) is 72.1 Å². The zero-order valence-electron chi connectivity index (χ0n) is 73.7. The highest BCUT2D eigenvalue weighted by atomic mass is 16.5. The largest absolute Gasteiger partial charge is 0.379 e. The van der Waals surface area contributed by atoms with Crippen LogP contribution in [0.4, 0.5) is 0 Å². The predicted molar refractivity (Wildman–Crippen MR) is 467 cm³/mol. The van der Waals surface area contributed by atoms with Crippen molar-refractivity contribution < 1.29 is 62.3 Å². The van der Waals surface area contributed by atoms with Crippen LogP contribution in [-0.4, -0.2) is 185 Å². The summed E-state index contributed by atoms with van der Waals surface area (Å²) in [6, 6.07) is 19.4. The first-order valence-electron chi connectivity index (χ1n) is 44.9. The number of likely N-dealkylation sites (tertiary alicyclic amines) is 2. The van der Waals surface area contributed by atoms with Gasteiger partial charge in [0.2, 0.25) is 46.8 Å². The highest BCUT2D eigenvalue weighted by Crippen LogP contribution is 2.43. The van der Waals surface area contributed by atoms with Gasteiger partial charge in [-0.2, -0.15) is 0 Å². The number of ether oxygens (including phenoxy) is 1. The number of hydrogen-bond acceptors (Lipinski definition) is 19. The summed E-state index contributed by atoms with van der Waals surface area (Å²) in [6.45, 7) is 27.4. The second-order valence-corrected chi connectivity index (χ2v) is 37.1. The Labute approximate surface area is 716 Å². The highest BCUT2D eigenvalue weighted by Gasteiger charge is 2.49. The Hall–Kier alpha value is -8.28. The summed E-state index contributed by atoms with van der Waals surface area (Å²) in [7, 11) is 0. The molecule has 4 amide bonds. The van der Waals surface area contributed by atoms with Crippen LogP contribution in [0.1, 0.15) is 302 Å². The number of hydrogen-bond donors (Lipinski definition) is 2. The minimum atomic E-state index is -0.637. The van der Waals surface area contributed by atoms with E-state index in [0.717, 1.165) is 120 Å². The maximum Gasteiger partial charge on any atom is 0.224 e. The average molecular weight is 1660 g/mol. The molecule has 5 heterocycles. The van der Waals surface area contributed by atoms with Crippen LogP contribution in [-0.2, 0) is 65.8 Å². The first-order valence-corrected chi connectivity index (χ1v) is 44.9. The van der Waals surface area contributed by atoms with Gasteiger partial charge < -0.3 is 25.2 Å². The molecule has 3 saturated heterocycles. The Kier molecular flexibility index (Phi) is 40.5. The lowest BCUT2D eigenvalue weighted by Crippen LogP contribution is -2.46. The molecule has 2 aromatic heterocycles. The van der Waals surface area contributed by atoms with Gasteiger partial charge in [0.05, 0.1) is 50.8 Å². The van der Waals surface area contributed by atoms with Crippen molar-refractivity contribution >= 4 is 69.9 Å². The molecule has 0 radical (unpaired) electrons. The number of nitrogens with zero attached hydrogens (tertiary/aromatic N) is 8. The van der Waals surface area contributed by atoms with Gasteiger partial charge in [-0.1, -0.05) is 201 Å². The summed E-state index contributed by atoms with van der Waals surface area (Å²) < 4.78 is 5.29. The van der Waals surface area contributed by atoms with Gasteiger partial charge in [0.15, 0.2) is 23.1 Å². The molecular weight excluding hydrogens is 1510 g/mol. The highest BCUT2D eigenvalue weighted by molar-refractivity contribution is 6.39. The zero-order chi connectivity index (χ0) is 86.3. The number of Topliss-reactive ketones (excluding diaryl/α,β-unsaturated/α-hetero) is 8. The van der Waals surface area contributed by atoms with Crippen LogP contribution in [0.5, 0.6) is 0 Å². The summed E-state index contributed by atoms with van der Waals surface area (Å²) in [5, 5.41) is 6.29. The quantitative estimate of drug-likeness (QED) is 0.0324. The van der Waals surface area contributed by atoms with Gasteiger partial charge in [-0.15, -0.1) is 0 Å². The monoisotopic (exact) mass is 1660 g/mol. The molecule has 7 aliphatic rings. The van der Waals surface area contributed by atoms with Gasteiger partial charge in [0.25, 0.3) is 0 Å². The summed E-state index contributed by atoms with van der Waals surface area (Å²) >= 11 is 0. The minimum Gasteiger partial charge on any atom is -0.379 e. The number of aromatic nitrogens is 4. The smallest absolute Gasteiger partial charge is 0.224 e. The van der Waals surface area contributed by atoms with Crippen molar-refractivity contribution in [1.29, 1.82) is 0 Å². The number of amides is 4. The molecule has 0 bridgehead atoms. The Bertz CT molecular complexity index is 3780. The fourth-order valence-corrected chi connectivity index (χ4v) is 18.7. The van der Waals surface area contributed by atoms with Crippen LogP contribution in [0.15, 0.2) is 97.8 Å². The average Bonchev–Trinajstić information content (AvgIpc) is 1.64. The molecule has 660 valence electrons. The molecule has 0 unspecified atom stereocenters. The van der Waals surface area contributed by atoms with Crippen molar-refractivity contribution in [2.45, 2.75) is 320 Å². The molecule has 11 rings (SSSR count). The van der Waals surface area contributed by atoms with Crippen LogP contribution in [0.2, 0.25) is 0 Å². The molecule has 23 heteroatoms. The second-order valence-electron chi connectivity index (χ2n) is 37.1. The molecule has 4 aromatic rings. The number of benzene rings is 2. The fourth-order valence-electron chi connectivity index (χ4n) is 18.7. The Morgan fingerprint density at radius 3 is 1.23 bits per heavy atom. The molecule has 0 spiro atoms. The molecule has 2 N–H and O–H groups in total. The topological polar surface area (TPSA) is 303 Å². The van der Waals surface area contributed by atoms with Gasteiger partial charge in [-0.05, 0) is 137 Å². The van der Waals surface area contributed by atoms with Crippen molar-refractivity contribution in [2.75, 3.05) is 39.4 Å². The second kappa shape index (κ2) is 49.1. The number of carbonyl (C=O) groups excluding carboxylic acids is 12. The maximum atomic E-state index is 13.6. The third-order valence-electron chi connectivity index (χ3n) is 26.4. The normalized spacial score (nSPS) is 21.6. The third kappa shape index (κ3) is 30.1. The van der Waals surface area contributed by atoms with E-state index in [9.17, 15) is 57.5 Å². The van der Waals surface area contributed by atoms with E-state index in [1.165, 1.54) is 44.6 Å². The lowest BCUT2D eigenvalue weighted by atomic mass is 9.76. The van der Waals surface area contributed by atoms with Crippen LogP contribution in [0, 0.1) is 58.2 Å². The summed E-state index contributed by atoms with van der Waals surface area (Å²) in [5.74, 6) is -2.61. The van der Waals surface area contributed by atoms with E-state index in [1.54, 1.807) is 29.1 Å². The molecule has 3 aliphatic heterocycles. The molecule has 12 atom stereocenters. The summed E-state index contributed by atoms with van der Waals surface area (Å²) in [4.78, 5) is 179. The number of rotatable bonds is 34. The van der Waals surface area contributed by atoms with Crippen LogP contribution < -0.4 is 10.6 Å². The Morgan fingerprint density at radius 1 is 0.492 bits per heavy atom. The first-order chi connectivity index (χ1) is 56.9. The molecule has 120 heavy (non-hydrogen) atoms. The van der Waals surface area contributed by atoms with E-state index < -0.39 is 47.1 Å². The van der Waals surface area contributed by atoms with Gasteiger partial charge in [-0.25, -0.2) is 9.97 Å². The van der Waals surface area contributed by atoms with Crippen molar-refractivity contribution in [3.63, 3.8) is 0 Å². The predicted octanol–water partition coefficient (Wildman–Crippen LogP) is 15.6. The van der Waals surface area contributed by atoms with E-state index >= 15 is 0 Å². The van der Waals surface area contributed by atoms with Gasteiger partial charge in [0.1, 0.15) is 11.4 Å². The number of nitrogens with one attached hydrogen (secondary N) is 2. The molecular formula is C97H144N10O13. The van der Waals surface area contributed by atoms with Crippen LogP contribution in [0.25, 0.3) is 0 Å². The lowest BCUT2D eigenvalue weighted by Gasteiger charge is -2.33. The van der Waals surface area contributed by atoms with Gasteiger partial charge >= 0.3 is 0 Å². The lowest BCUT2D eigenvalue weighted by molar-refractivity contribution is -0.142. The molecule has 2 aromatic carbocycles. The number of carbonyl (C=O) groups is 12. The summed E-state index contributed by atoms with van der Waals surface area (Å²) in [5.41, 5.74) is 2.81. The van der Waals surface area contributed by atoms with E-state index in [-0.39, 0.29) is 152 Å². The van der Waals surface area contributed by atoms with Crippen molar-refractivity contribution in [1.82, 2.24) is 50.2 Å². The van der Waals surface area contributed by atoms with E-state index in [4.69, 9.17) is 4.74 Å². The summed E-state index contributed by atoms with van der Waals surface area (Å²) in [6.07, 6.45) is 33.1. The van der Waals surface area contributed by atoms with E-state index in [1.807, 2.05) is 98.2 Å². The van der Waals surface area contributed by atoms with Crippen molar-refractivity contribution in [3.8, 4) is 0 Å². The minimum absolute atomic E-state index is 0. The fraction of sp³-hybridized carbons (Fsp3) is 0.670. The van der Waals surface area contributed by atoms with Crippen LogP contribution >= 0.6 is 0 Å². The van der Waals surface area contributed by atoms with Crippen molar-refractivity contribution in [3.05, 3.63) is 120 Å².